The summed E-state index contributed by atoms with van der Waals surface area (Å²) in [5, 5.41) is 12.9. The Bertz CT molecular complexity index is 1490. The Morgan fingerprint density at radius 1 is 1.05 bits per heavy atom. The normalized spacial score (nSPS) is 15.8. The van der Waals surface area contributed by atoms with Crippen molar-refractivity contribution < 1.29 is 9.59 Å². The third-order valence-corrected chi connectivity index (χ3v) is 9.00. The van der Waals surface area contributed by atoms with Gasteiger partial charge in [0.25, 0.3) is 0 Å². The van der Waals surface area contributed by atoms with Gasteiger partial charge < -0.3 is 16.0 Å². The molecule has 1 aliphatic heterocycles. The number of anilines is 2. The monoisotopic (exact) mass is 611 g/mol. The van der Waals surface area contributed by atoms with Crippen LogP contribution in [0.2, 0.25) is 0 Å². The molecule has 228 valence electrons. The summed E-state index contributed by atoms with van der Waals surface area (Å²) in [5.74, 6) is 1.45. The average molecular weight is 612 g/mol. The smallest absolute Gasteiger partial charge is 0.223 e. The number of piperazine rings is 1. The molecule has 0 radical (unpaired) electrons. The summed E-state index contributed by atoms with van der Waals surface area (Å²) in [6.45, 7) is 6.14. The molecule has 11 heteroatoms. The van der Waals surface area contributed by atoms with Crippen LogP contribution in [0.4, 0.5) is 11.5 Å². The van der Waals surface area contributed by atoms with Gasteiger partial charge in [-0.15, -0.1) is 0 Å². The molecule has 1 aliphatic carbocycles. The van der Waals surface area contributed by atoms with Gasteiger partial charge in [-0.2, -0.15) is 5.26 Å². The van der Waals surface area contributed by atoms with Crippen molar-refractivity contribution in [3.63, 3.8) is 0 Å². The van der Waals surface area contributed by atoms with Crippen LogP contribution in [0.1, 0.15) is 56.0 Å². The molecule has 2 aliphatic rings. The minimum atomic E-state index is -0.165. The number of hydrogen-bond acceptors (Lipinski definition) is 9. The molecule has 0 spiro atoms. The van der Waals surface area contributed by atoms with Gasteiger partial charge in [0, 0.05) is 68.8 Å². The molecule has 3 N–H and O–H groups in total. The van der Waals surface area contributed by atoms with Crippen LogP contribution in [0.15, 0.2) is 47.6 Å². The Morgan fingerprint density at radius 3 is 2.48 bits per heavy atom. The second-order valence-corrected chi connectivity index (χ2v) is 12.3. The largest absolute Gasteiger partial charge is 0.382 e. The first-order valence-corrected chi connectivity index (χ1v) is 16.2. The highest BCUT2D eigenvalue weighted by Crippen LogP contribution is 2.30. The number of nitrogen functional groups attached to an aromatic ring is 1. The predicted molar refractivity (Wildman–Crippen MR) is 172 cm³/mol. The van der Waals surface area contributed by atoms with E-state index in [1.54, 1.807) is 24.3 Å². The number of nitrogens with zero attached hydrogens (tertiary/aromatic N) is 6. The van der Waals surface area contributed by atoms with E-state index >= 15 is 0 Å². The first kappa shape index (κ1) is 31.3. The fourth-order valence-corrected chi connectivity index (χ4v) is 6.52. The van der Waals surface area contributed by atoms with E-state index in [1.165, 1.54) is 50.9 Å². The van der Waals surface area contributed by atoms with Crippen LogP contribution in [-0.4, -0.2) is 69.3 Å². The average Bonchev–Trinajstić information content (AvgIpc) is 3.03. The van der Waals surface area contributed by atoms with Crippen molar-refractivity contribution in [1.29, 1.82) is 5.26 Å². The Kier molecular flexibility index (Phi) is 10.7. The number of carbonyl (C=O) groups is 2. The number of nitrogens with two attached hydrogens (primary N) is 1. The molecule has 2 fully saturated rings. The zero-order chi connectivity index (χ0) is 30.9. The summed E-state index contributed by atoms with van der Waals surface area (Å²) in [6.07, 6.45) is 8.54. The third-order valence-electron chi connectivity index (χ3n) is 8.12. The van der Waals surface area contributed by atoms with E-state index < -0.39 is 0 Å². The van der Waals surface area contributed by atoms with Crippen molar-refractivity contribution in [2.75, 3.05) is 43.8 Å². The van der Waals surface area contributed by atoms with E-state index in [9.17, 15) is 14.9 Å². The van der Waals surface area contributed by atoms with E-state index in [0.717, 1.165) is 43.5 Å². The fraction of sp³-hybridized carbons (Fsp3) is 0.424. The van der Waals surface area contributed by atoms with E-state index in [4.69, 9.17) is 10.7 Å². The number of benzene rings is 1. The highest BCUT2D eigenvalue weighted by Gasteiger charge is 2.25. The lowest BCUT2D eigenvalue weighted by molar-refractivity contribution is -0.133. The van der Waals surface area contributed by atoms with Gasteiger partial charge in [0.05, 0.1) is 30.7 Å². The standard InChI is InChI=1S/C33H38N8O2S/c1-23(42)36-27-12-10-25(11-13-27)31-29(20-34)32(35)39-33(38-31)44-22-28-9-5-8-26(37-28)14-15-30(43)41-18-16-40(17-19-41)21-24-6-3-2-4-7-24/h2,5,8-13,24H,3-4,6-7,14-19,21-22H2,1H3,(H2-,35,36,38,39,42)/p+1. The van der Waals surface area contributed by atoms with Crippen molar-refractivity contribution in [1.82, 2.24) is 24.8 Å². The second kappa shape index (κ2) is 15.0. The molecule has 10 nitrogen and oxygen atoms in total. The maximum Gasteiger partial charge on any atom is 0.223 e. The molecule has 5 rings (SSSR count). The van der Waals surface area contributed by atoms with Crippen LogP contribution in [0, 0.1) is 23.7 Å². The van der Waals surface area contributed by atoms with Gasteiger partial charge in [0.15, 0.2) is 5.16 Å². The molecule has 0 bridgehead atoms. The van der Waals surface area contributed by atoms with Crippen LogP contribution in [0.3, 0.4) is 0 Å². The Hall–Kier alpha value is -4.14. The molecular weight excluding hydrogens is 572 g/mol. The van der Waals surface area contributed by atoms with Crippen LogP contribution in [0.25, 0.3) is 11.3 Å². The van der Waals surface area contributed by atoms with Crippen molar-refractivity contribution in [3.8, 4) is 17.3 Å². The van der Waals surface area contributed by atoms with Crippen LogP contribution in [-0.2, 0) is 21.8 Å². The lowest BCUT2D eigenvalue weighted by atomic mass is 9.89. The number of nitrogens with one attached hydrogen (secondary N) is 1. The highest BCUT2D eigenvalue weighted by atomic mass is 32.2. The highest BCUT2D eigenvalue weighted by molar-refractivity contribution is 7.98. The van der Waals surface area contributed by atoms with E-state index in [1.807, 2.05) is 23.1 Å². The molecule has 44 heavy (non-hydrogen) atoms. The maximum absolute atomic E-state index is 13.0. The van der Waals surface area contributed by atoms with Crippen LogP contribution >= 0.6 is 11.8 Å². The molecule has 1 saturated heterocycles. The zero-order valence-electron chi connectivity index (χ0n) is 25.2. The molecule has 0 unspecified atom stereocenters. The summed E-state index contributed by atoms with van der Waals surface area (Å²) >= 11 is 1.38. The molecule has 2 aromatic heterocycles. The fourth-order valence-electron chi connectivity index (χ4n) is 5.76. The topological polar surface area (TPSA) is 141 Å². The van der Waals surface area contributed by atoms with Gasteiger partial charge in [-0.1, -0.05) is 30.0 Å². The molecule has 0 atom stereocenters. The SMILES string of the molecule is CC(=O)Nc1ccc(-c2nc(SCc3cccc(CCC(=O)N4CCN(CC5CC[CH+]CC5)CC4)n3)nc(N)c2C#N)cc1. The number of aryl methyl sites for hydroxylation is 1. The summed E-state index contributed by atoms with van der Waals surface area (Å²) in [6, 6.07) is 15.0. The molecular formula is C33H39N8O2S+. The van der Waals surface area contributed by atoms with Gasteiger partial charge in [0.2, 0.25) is 11.8 Å². The number of carbonyl (C=O) groups excluding carboxylic acids is 2. The number of nitriles is 1. The molecule has 1 saturated carbocycles. The minimum absolute atomic E-state index is 0.111. The van der Waals surface area contributed by atoms with Crippen molar-refractivity contribution in [2.45, 2.75) is 56.4 Å². The van der Waals surface area contributed by atoms with Crippen molar-refractivity contribution >= 4 is 35.1 Å². The van der Waals surface area contributed by atoms with Gasteiger partial charge in [-0.05, 0) is 49.4 Å². The van der Waals surface area contributed by atoms with E-state index in [2.05, 4.69) is 32.7 Å². The number of pyridine rings is 1. The molecule has 3 heterocycles. The number of thioether (sulfide) groups is 1. The molecule has 3 aromatic rings. The van der Waals surface area contributed by atoms with E-state index in [0.29, 0.717) is 40.7 Å². The lowest BCUT2D eigenvalue weighted by Crippen LogP contribution is -2.49. The third kappa shape index (κ3) is 8.49. The number of amides is 2. The van der Waals surface area contributed by atoms with Gasteiger partial charge in [0.1, 0.15) is 17.5 Å². The van der Waals surface area contributed by atoms with Gasteiger partial charge in [-0.25, -0.2) is 9.97 Å². The van der Waals surface area contributed by atoms with Gasteiger partial charge >= 0.3 is 0 Å². The second-order valence-electron chi connectivity index (χ2n) is 11.4. The summed E-state index contributed by atoms with van der Waals surface area (Å²) in [7, 11) is 0. The quantitative estimate of drug-likeness (QED) is 0.189. The summed E-state index contributed by atoms with van der Waals surface area (Å²) in [5.41, 5.74) is 9.85. The first-order valence-electron chi connectivity index (χ1n) is 15.2. The number of aromatic nitrogens is 3. The van der Waals surface area contributed by atoms with Crippen molar-refractivity contribution in [3.05, 3.63) is 65.8 Å². The van der Waals surface area contributed by atoms with Gasteiger partial charge in [-0.3, -0.25) is 19.5 Å². The van der Waals surface area contributed by atoms with E-state index in [-0.39, 0.29) is 23.2 Å². The maximum atomic E-state index is 13.0. The lowest BCUT2D eigenvalue weighted by Gasteiger charge is -2.36. The first-order chi connectivity index (χ1) is 21.4. The molecule has 2 amide bonds. The summed E-state index contributed by atoms with van der Waals surface area (Å²) in [4.78, 5) is 42.6. The van der Waals surface area contributed by atoms with Crippen molar-refractivity contribution in [2.24, 2.45) is 5.92 Å². The Morgan fingerprint density at radius 2 is 1.77 bits per heavy atom. The minimum Gasteiger partial charge on any atom is -0.382 e. The molecule has 1 aromatic carbocycles. The Labute approximate surface area is 263 Å². The zero-order valence-corrected chi connectivity index (χ0v) is 26.0. The van der Waals surface area contributed by atoms with Crippen LogP contribution < -0.4 is 11.1 Å². The van der Waals surface area contributed by atoms with Crippen LogP contribution in [0.5, 0.6) is 0 Å². The predicted octanol–water partition coefficient (Wildman–Crippen LogP) is 4.71. The Balaban J connectivity index is 1.14. The summed E-state index contributed by atoms with van der Waals surface area (Å²) < 4.78 is 0. The number of rotatable bonds is 10. The number of hydrogen-bond donors (Lipinski definition) is 2.